The third-order valence-electron chi connectivity index (χ3n) is 2.53. The third-order valence-corrected chi connectivity index (χ3v) is 5.71. The molecule has 19 heavy (non-hydrogen) atoms. The third kappa shape index (κ3) is 4.57. The van der Waals surface area contributed by atoms with Gasteiger partial charge in [-0.2, -0.15) is 4.31 Å². The summed E-state index contributed by atoms with van der Waals surface area (Å²) in [4.78, 5) is 11.6. The van der Waals surface area contributed by atoms with E-state index in [4.69, 9.17) is 0 Å². The van der Waals surface area contributed by atoms with Crippen LogP contribution in [0.15, 0.2) is 21.7 Å². The molecule has 1 unspecified atom stereocenters. The van der Waals surface area contributed by atoms with E-state index in [1.165, 1.54) is 13.1 Å². The highest BCUT2D eigenvalue weighted by molar-refractivity contribution is 7.91. The summed E-state index contributed by atoms with van der Waals surface area (Å²) >= 11 is 1.11. The van der Waals surface area contributed by atoms with Crippen molar-refractivity contribution in [2.45, 2.75) is 23.7 Å². The first kappa shape index (κ1) is 16.1. The Kier molecular flexibility index (Phi) is 5.92. The lowest BCUT2D eigenvalue weighted by Gasteiger charge is -2.16. The van der Waals surface area contributed by atoms with Gasteiger partial charge in [0.2, 0.25) is 5.91 Å². The lowest BCUT2D eigenvalue weighted by atomic mass is 10.3. The van der Waals surface area contributed by atoms with Crippen LogP contribution in [0.25, 0.3) is 0 Å². The first-order chi connectivity index (χ1) is 8.87. The first-order valence-electron chi connectivity index (χ1n) is 5.82. The maximum atomic E-state index is 12.0. The second-order valence-electron chi connectivity index (χ2n) is 4.06. The van der Waals surface area contributed by atoms with Gasteiger partial charge in [-0.15, -0.1) is 11.3 Å². The maximum Gasteiger partial charge on any atom is 0.252 e. The number of likely N-dealkylation sites (N-methyl/N-ethyl adjacent to an activating group) is 1. The molecular formula is C11H18N2O4S2. The van der Waals surface area contributed by atoms with Gasteiger partial charge in [-0.25, -0.2) is 8.42 Å². The molecule has 1 atom stereocenters. The molecule has 0 fully saturated rings. The zero-order valence-corrected chi connectivity index (χ0v) is 12.5. The molecule has 1 aromatic rings. The second kappa shape index (κ2) is 6.99. The van der Waals surface area contributed by atoms with Gasteiger partial charge in [0.1, 0.15) is 4.21 Å². The molecule has 0 aliphatic carbocycles. The maximum absolute atomic E-state index is 12.0. The molecule has 108 valence electrons. The van der Waals surface area contributed by atoms with E-state index in [9.17, 15) is 18.3 Å². The SMILES string of the molecule is CCC(O)CNC(=O)CN(C)S(=O)(=O)c1cccs1. The van der Waals surface area contributed by atoms with Crippen LogP contribution in [0, 0.1) is 0 Å². The highest BCUT2D eigenvalue weighted by atomic mass is 32.2. The van der Waals surface area contributed by atoms with Crippen molar-refractivity contribution in [3.63, 3.8) is 0 Å². The number of nitrogens with zero attached hydrogens (tertiary/aromatic N) is 1. The molecule has 1 aromatic heterocycles. The molecule has 0 bridgehead atoms. The number of thiophene rings is 1. The van der Waals surface area contributed by atoms with Gasteiger partial charge in [-0.1, -0.05) is 13.0 Å². The monoisotopic (exact) mass is 306 g/mol. The molecule has 0 aliphatic rings. The van der Waals surface area contributed by atoms with Crippen LogP contribution in [0.5, 0.6) is 0 Å². The van der Waals surface area contributed by atoms with Crippen molar-refractivity contribution in [2.75, 3.05) is 20.1 Å². The van der Waals surface area contributed by atoms with Crippen LogP contribution in [0.3, 0.4) is 0 Å². The fourth-order valence-electron chi connectivity index (χ4n) is 1.28. The van der Waals surface area contributed by atoms with E-state index < -0.39 is 22.0 Å². The van der Waals surface area contributed by atoms with Gasteiger partial charge in [0, 0.05) is 13.6 Å². The average molecular weight is 306 g/mol. The predicted octanol–water partition coefficient (Wildman–Crippen LogP) is 0.256. The van der Waals surface area contributed by atoms with E-state index in [1.54, 1.807) is 18.4 Å². The Labute approximate surface area is 117 Å². The summed E-state index contributed by atoms with van der Waals surface area (Å²) in [6, 6.07) is 3.14. The minimum atomic E-state index is -3.61. The van der Waals surface area contributed by atoms with Crippen LogP contribution in [0.1, 0.15) is 13.3 Å². The lowest BCUT2D eigenvalue weighted by Crippen LogP contribution is -2.40. The molecule has 0 aliphatic heterocycles. The fourth-order valence-corrected chi connectivity index (χ4v) is 3.61. The fraction of sp³-hybridized carbons (Fsp3) is 0.545. The number of hydrogen-bond donors (Lipinski definition) is 2. The molecule has 0 saturated heterocycles. The van der Waals surface area contributed by atoms with Gasteiger partial charge in [-0.05, 0) is 17.9 Å². The molecule has 1 amide bonds. The number of aliphatic hydroxyl groups excluding tert-OH is 1. The Morgan fingerprint density at radius 2 is 2.26 bits per heavy atom. The van der Waals surface area contributed by atoms with E-state index >= 15 is 0 Å². The van der Waals surface area contributed by atoms with Crippen molar-refractivity contribution in [3.8, 4) is 0 Å². The average Bonchev–Trinajstić information content (AvgIpc) is 2.90. The van der Waals surface area contributed by atoms with Gasteiger partial charge in [0.25, 0.3) is 10.0 Å². The number of nitrogens with one attached hydrogen (secondary N) is 1. The Morgan fingerprint density at radius 3 is 2.79 bits per heavy atom. The summed E-state index contributed by atoms with van der Waals surface area (Å²) in [5.74, 6) is -0.435. The van der Waals surface area contributed by atoms with Crippen LogP contribution < -0.4 is 5.32 Å². The van der Waals surface area contributed by atoms with Crippen LogP contribution in [-0.4, -0.2) is 50.0 Å². The normalized spacial score (nSPS) is 13.5. The summed E-state index contributed by atoms with van der Waals surface area (Å²) in [7, 11) is -2.25. The van der Waals surface area contributed by atoms with E-state index in [0.29, 0.717) is 6.42 Å². The van der Waals surface area contributed by atoms with Gasteiger partial charge >= 0.3 is 0 Å². The van der Waals surface area contributed by atoms with E-state index in [2.05, 4.69) is 5.32 Å². The summed E-state index contributed by atoms with van der Waals surface area (Å²) in [5, 5.41) is 13.5. The van der Waals surface area contributed by atoms with Crippen molar-refractivity contribution in [2.24, 2.45) is 0 Å². The molecule has 1 rings (SSSR count). The predicted molar refractivity (Wildman–Crippen MR) is 73.4 cm³/mol. The Balaban J connectivity index is 2.55. The molecule has 0 saturated carbocycles. The standard InChI is InChI=1S/C11H18N2O4S2/c1-3-9(14)7-12-10(15)8-13(2)19(16,17)11-5-4-6-18-11/h4-6,9,14H,3,7-8H2,1-2H3,(H,12,15). The minimum absolute atomic E-state index is 0.127. The molecule has 0 aromatic carbocycles. The van der Waals surface area contributed by atoms with E-state index in [1.807, 2.05) is 0 Å². The van der Waals surface area contributed by atoms with E-state index in [0.717, 1.165) is 15.6 Å². The number of carbonyl (C=O) groups is 1. The minimum Gasteiger partial charge on any atom is -0.391 e. The summed E-state index contributed by atoms with van der Waals surface area (Å²) < 4.78 is 25.3. The van der Waals surface area contributed by atoms with Crippen molar-refractivity contribution in [3.05, 3.63) is 17.5 Å². The first-order valence-corrected chi connectivity index (χ1v) is 8.14. The zero-order chi connectivity index (χ0) is 14.5. The van der Waals surface area contributed by atoms with Crippen LogP contribution in [0.4, 0.5) is 0 Å². The summed E-state index contributed by atoms with van der Waals surface area (Å²) in [5.41, 5.74) is 0. The quantitative estimate of drug-likeness (QED) is 0.756. The number of rotatable bonds is 7. The molecular weight excluding hydrogens is 288 g/mol. The smallest absolute Gasteiger partial charge is 0.252 e. The zero-order valence-electron chi connectivity index (χ0n) is 10.9. The number of aliphatic hydroxyl groups is 1. The van der Waals surface area contributed by atoms with Crippen molar-refractivity contribution in [1.29, 1.82) is 0 Å². The molecule has 8 heteroatoms. The van der Waals surface area contributed by atoms with Gasteiger partial charge in [-0.3, -0.25) is 4.79 Å². The van der Waals surface area contributed by atoms with Gasteiger partial charge in [0.15, 0.2) is 0 Å². The Hall–Kier alpha value is -0.960. The number of sulfonamides is 1. The summed E-state index contributed by atoms with van der Waals surface area (Å²) in [6.45, 7) is 1.66. The Morgan fingerprint density at radius 1 is 1.58 bits per heavy atom. The second-order valence-corrected chi connectivity index (χ2v) is 7.28. The van der Waals surface area contributed by atoms with Crippen molar-refractivity contribution in [1.82, 2.24) is 9.62 Å². The number of carbonyl (C=O) groups excluding carboxylic acids is 1. The highest BCUT2D eigenvalue weighted by Gasteiger charge is 2.23. The number of amides is 1. The molecule has 0 spiro atoms. The van der Waals surface area contributed by atoms with Crippen LogP contribution in [0.2, 0.25) is 0 Å². The Bertz CT molecular complexity index is 499. The van der Waals surface area contributed by atoms with Crippen LogP contribution >= 0.6 is 11.3 Å². The molecule has 1 heterocycles. The van der Waals surface area contributed by atoms with Gasteiger partial charge in [0.05, 0.1) is 12.6 Å². The topological polar surface area (TPSA) is 86.7 Å². The molecule has 6 nitrogen and oxygen atoms in total. The molecule has 2 N–H and O–H groups in total. The van der Waals surface area contributed by atoms with E-state index in [-0.39, 0.29) is 17.3 Å². The largest absolute Gasteiger partial charge is 0.391 e. The lowest BCUT2D eigenvalue weighted by molar-refractivity contribution is -0.121. The summed E-state index contributed by atoms with van der Waals surface area (Å²) in [6.07, 6.45) is -0.0768. The van der Waals surface area contributed by atoms with Crippen molar-refractivity contribution < 1.29 is 18.3 Å². The van der Waals surface area contributed by atoms with Crippen molar-refractivity contribution >= 4 is 27.3 Å². The van der Waals surface area contributed by atoms with Gasteiger partial charge < -0.3 is 10.4 Å². The highest BCUT2D eigenvalue weighted by Crippen LogP contribution is 2.19. The van der Waals surface area contributed by atoms with Crippen LogP contribution in [-0.2, 0) is 14.8 Å². The molecule has 0 radical (unpaired) electrons. The number of hydrogen-bond acceptors (Lipinski definition) is 5.